The van der Waals surface area contributed by atoms with Crippen LogP contribution in [-0.4, -0.2) is 22.1 Å². The fourth-order valence-electron chi connectivity index (χ4n) is 1.95. The van der Waals surface area contributed by atoms with Crippen molar-refractivity contribution in [2.75, 3.05) is 5.73 Å². The van der Waals surface area contributed by atoms with Gasteiger partial charge in [0.2, 0.25) is 0 Å². The van der Waals surface area contributed by atoms with Gasteiger partial charge in [0.15, 0.2) is 5.69 Å². The van der Waals surface area contributed by atoms with Gasteiger partial charge in [-0.2, -0.15) is 5.10 Å². The fraction of sp³-hybridized carbons (Fsp3) is 0.692. The molecule has 0 saturated heterocycles. The Morgan fingerprint density at radius 1 is 1.39 bits per heavy atom. The number of aromatic nitrogens is 2. The number of H-pyrrole nitrogens is 1. The zero-order chi connectivity index (χ0) is 13.5. The van der Waals surface area contributed by atoms with E-state index in [1.165, 1.54) is 0 Å². The summed E-state index contributed by atoms with van der Waals surface area (Å²) in [5, 5.41) is 9.70. The molecule has 1 heterocycles. The molecule has 1 unspecified atom stereocenters. The molecule has 0 aliphatic heterocycles. The Hall–Kier alpha value is -1.52. The summed E-state index contributed by atoms with van der Waals surface area (Å²) in [6.07, 6.45) is 5.33. The van der Waals surface area contributed by atoms with E-state index in [0.29, 0.717) is 11.4 Å². The molecule has 0 saturated carbocycles. The van der Waals surface area contributed by atoms with Gasteiger partial charge in [0, 0.05) is 6.04 Å². The Bertz CT molecular complexity index is 386. The van der Waals surface area contributed by atoms with E-state index in [1.807, 2.05) is 0 Å². The molecule has 1 rings (SSSR count). The van der Waals surface area contributed by atoms with Gasteiger partial charge in [0.05, 0.1) is 11.4 Å². The van der Waals surface area contributed by atoms with Crippen molar-refractivity contribution >= 4 is 11.6 Å². The lowest BCUT2D eigenvalue weighted by molar-refractivity contribution is 0.0928. The Morgan fingerprint density at radius 3 is 2.61 bits per heavy atom. The number of nitrogens with two attached hydrogens (primary N) is 1. The largest absolute Gasteiger partial charge is 0.395 e. The van der Waals surface area contributed by atoms with E-state index in [1.54, 1.807) is 6.92 Å². The molecule has 0 aromatic carbocycles. The van der Waals surface area contributed by atoms with Crippen molar-refractivity contribution in [1.82, 2.24) is 15.5 Å². The quantitative estimate of drug-likeness (QED) is 0.696. The van der Waals surface area contributed by atoms with Crippen LogP contribution in [0.25, 0.3) is 0 Å². The van der Waals surface area contributed by atoms with Gasteiger partial charge in [0.1, 0.15) is 0 Å². The maximum atomic E-state index is 12.1. The topological polar surface area (TPSA) is 83.8 Å². The summed E-state index contributed by atoms with van der Waals surface area (Å²) in [4.78, 5) is 12.1. The fourth-order valence-corrected chi connectivity index (χ4v) is 1.95. The number of rotatable bonds is 7. The molecule has 0 radical (unpaired) electrons. The number of nitrogen functional groups attached to an aromatic ring is 1. The SMILES string of the molecule is CCCCC(CCC)NC(=O)c1n[nH]c(C)c1N. The number of unbranched alkanes of at least 4 members (excludes halogenated alkanes) is 1. The number of carbonyl (C=O) groups excluding carboxylic acids is 1. The van der Waals surface area contributed by atoms with Crippen molar-refractivity contribution in [2.24, 2.45) is 0 Å². The first kappa shape index (κ1) is 14.5. The average Bonchev–Trinajstić information content (AvgIpc) is 2.67. The molecule has 5 nitrogen and oxygen atoms in total. The zero-order valence-electron chi connectivity index (χ0n) is 11.5. The first-order valence-corrected chi connectivity index (χ1v) is 6.71. The number of hydrogen-bond acceptors (Lipinski definition) is 3. The molecule has 0 aliphatic carbocycles. The van der Waals surface area contributed by atoms with Gasteiger partial charge in [-0.05, 0) is 19.8 Å². The van der Waals surface area contributed by atoms with Crippen molar-refractivity contribution in [3.63, 3.8) is 0 Å². The number of aromatic amines is 1. The highest BCUT2D eigenvalue weighted by atomic mass is 16.2. The highest BCUT2D eigenvalue weighted by Crippen LogP contribution is 2.14. The Balaban J connectivity index is 2.63. The maximum Gasteiger partial charge on any atom is 0.274 e. The second kappa shape index (κ2) is 7.03. The van der Waals surface area contributed by atoms with Crippen LogP contribution in [-0.2, 0) is 0 Å². The summed E-state index contributed by atoms with van der Waals surface area (Å²) in [5.74, 6) is -0.175. The number of amides is 1. The van der Waals surface area contributed by atoms with Gasteiger partial charge in [0.25, 0.3) is 5.91 Å². The minimum atomic E-state index is -0.175. The zero-order valence-corrected chi connectivity index (χ0v) is 11.5. The summed E-state index contributed by atoms with van der Waals surface area (Å²) in [7, 11) is 0. The third kappa shape index (κ3) is 3.75. The molecule has 5 heteroatoms. The molecule has 1 aromatic rings. The smallest absolute Gasteiger partial charge is 0.274 e. The number of nitrogens with zero attached hydrogens (tertiary/aromatic N) is 1. The number of carbonyl (C=O) groups is 1. The third-order valence-corrected chi connectivity index (χ3v) is 3.09. The first-order valence-electron chi connectivity index (χ1n) is 6.71. The second-order valence-corrected chi connectivity index (χ2v) is 4.71. The van der Waals surface area contributed by atoms with Crippen molar-refractivity contribution in [3.8, 4) is 0 Å². The normalized spacial score (nSPS) is 12.4. The Morgan fingerprint density at radius 2 is 2.11 bits per heavy atom. The van der Waals surface area contributed by atoms with E-state index in [0.717, 1.165) is 37.8 Å². The molecule has 1 aromatic heterocycles. The van der Waals surface area contributed by atoms with E-state index in [2.05, 4.69) is 29.4 Å². The Labute approximate surface area is 109 Å². The van der Waals surface area contributed by atoms with Crippen LogP contribution >= 0.6 is 0 Å². The van der Waals surface area contributed by atoms with E-state index in [-0.39, 0.29) is 11.9 Å². The highest BCUT2D eigenvalue weighted by molar-refractivity contribution is 5.97. The van der Waals surface area contributed by atoms with Crippen LogP contribution in [0.5, 0.6) is 0 Å². The molecule has 0 aliphatic rings. The average molecular weight is 252 g/mol. The molecule has 102 valence electrons. The minimum Gasteiger partial charge on any atom is -0.395 e. The molecule has 0 spiro atoms. The number of nitrogens with one attached hydrogen (secondary N) is 2. The predicted molar refractivity (Wildman–Crippen MR) is 73.4 cm³/mol. The van der Waals surface area contributed by atoms with Crippen LogP contribution in [0.1, 0.15) is 62.1 Å². The highest BCUT2D eigenvalue weighted by Gasteiger charge is 2.18. The van der Waals surface area contributed by atoms with Crippen LogP contribution < -0.4 is 11.1 Å². The lowest BCUT2D eigenvalue weighted by atomic mass is 10.0. The summed E-state index contributed by atoms with van der Waals surface area (Å²) in [6, 6.07) is 0.221. The lowest BCUT2D eigenvalue weighted by Crippen LogP contribution is -2.35. The van der Waals surface area contributed by atoms with E-state index in [4.69, 9.17) is 5.73 Å². The number of hydrogen-bond donors (Lipinski definition) is 3. The second-order valence-electron chi connectivity index (χ2n) is 4.71. The van der Waals surface area contributed by atoms with Crippen LogP contribution in [0.3, 0.4) is 0 Å². The molecule has 0 fully saturated rings. The van der Waals surface area contributed by atoms with E-state index < -0.39 is 0 Å². The standard InChI is InChI=1S/C13H24N4O/c1-4-6-8-10(7-5-2)15-13(18)12-11(14)9(3)16-17-12/h10H,4-8,14H2,1-3H3,(H,15,18)(H,16,17). The molecule has 0 bridgehead atoms. The molecule has 4 N–H and O–H groups in total. The van der Waals surface area contributed by atoms with Gasteiger partial charge in [-0.15, -0.1) is 0 Å². The Kier molecular flexibility index (Phi) is 5.68. The summed E-state index contributed by atoms with van der Waals surface area (Å²) >= 11 is 0. The number of aryl methyl sites for hydroxylation is 1. The van der Waals surface area contributed by atoms with Crippen LogP contribution in [0, 0.1) is 6.92 Å². The van der Waals surface area contributed by atoms with Crippen molar-refractivity contribution in [3.05, 3.63) is 11.4 Å². The maximum absolute atomic E-state index is 12.1. The van der Waals surface area contributed by atoms with Gasteiger partial charge in [-0.1, -0.05) is 33.1 Å². The van der Waals surface area contributed by atoms with Gasteiger partial charge in [-0.25, -0.2) is 0 Å². The monoisotopic (exact) mass is 252 g/mol. The van der Waals surface area contributed by atoms with Gasteiger partial charge < -0.3 is 11.1 Å². The van der Waals surface area contributed by atoms with Gasteiger partial charge >= 0.3 is 0 Å². The first-order chi connectivity index (χ1) is 8.60. The molecule has 1 amide bonds. The van der Waals surface area contributed by atoms with Crippen molar-refractivity contribution < 1.29 is 4.79 Å². The van der Waals surface area contributed by atoms with Gasteiger partial charge in [-0.3, -0.25) is 9.89 Å². The molecular weight excluding hydrogens is 228 g/mol. The van der Waals surface area contributed by atoms with Crippen LogP contribution in [0.4, 0.5) is 5.69 Å². The molecule has 18 heavy (non-hydrogen) atoms. The lowest BCUT2D eigenvalue weighted by Gasteiger charge is -2.17. The summed E-state index contributed by atoms with van der Waals surface area (Å²) in [5.41, 5.74) is 7.29. The van der Waals surface area contributed by atoms with Crippen LogP contribution in [0.2, 0.25) is 0 Å². The summed E-state index contributed by atoms with van der Waals surface area (Å²) in [6.45, 7) is 6.08. The van der Waals surface area contributed by atoms with Crippen molar-refractivity contribution in [2.45, 2.75) is 58.9 Å². The number of anilines is 1. The van der Waals surface area contributed by atoms with E-state index >= 15 is 0 Å². The van der Waals surface area contributed by atoms with Crippen molar-refractivity contribution in [1.29, 1.82) is 0 Å². The predicted octanol–water partition coefficient (Wildman–Crippen LogP) is 2.39. The molecule has 1 atom stereocenters. The molecular formula is C13H24N4O. The summed E-state index contributed by atoms with van der Waals surface area (Å²) < 4.78 is 0. The van der Waals surface area contributed by atoms with Crippen LogP contribution in [0.15, 0.2) is 0 Å². The van der Waals surface area contributed by atoms with E-state index in [9.17, 15) is 4.79 Å². The third-order valence-electron chi connectivity index (χ3n) is 3.09. The minimum absolute atomic E-state index is 0.175.